The van der Waals surface area contributed by atoms with Crippen LogP contribution in [-0.4, -0.2) is 16.3 Å². The smallest absolute Gasteiger partial charge is 0.289 e. The fraction of sp³-hybridized carbons (Fsp3) is 0.118. The van der Waals surface area contributed by atoms with Crippen LogP contribution in [-0.2, 0) is 0 Å². The first kappa shape index (κ1) is 14.4. The van der Waals surface area contributed by atoms with Crippen molar-refractivity contribution >= 4 is 33.2 Å². The number of carbonyl (C=O) groups excluding carboxylic acids is 2. The molecule has 0 saturated heterocycles. The molecular formula is C17H13NO3S. The number of hydrogen-bond acceptors (Lipinski definition) is 4. The second-order valence-corrected chi connectivity index (χ2v) is 5.82. The highest BCUT2D eigenvalue weighted by molar-refractivity contribution is 7.16. The van der Waals surface area contributed by atoms with Gasteiger partial charge in [-0.15, -0.1) is 0 Å². The molecule has 2 aromatic carbocycles. The second-order valence-electron chi connectivity index (χ2n) is 4.83. The Morgan fingerprint density at radius 2 is 1.77 bits per heavy atom. The molecule has 22 heavy (non-hydrogen) atoms. The van der Waals surface area contributed by atoms with E-state index in [9.17, 15) is 14.4 Å². The average Bonchev–Trinajstić information content (AvgIpc) is 2.89. The summed E-state index contributed by atoms with van der Waals surface area (Å²) < 4.78 is 1.82. The van der Waals surface area contributed by atoms with E-state index in [-0.39, 0.29) is 23.0 Å². The first-order valence-corrected chi connectivity index (χ1v) is 7.72. The zero-order valence-electron chi connectivity index (χ0n) is 11.9. The summed E-state index contributed by atoms with van der Waals surface area (Å²) in [5.41, 5.74) is 1.67. The Morgan fingerprint density at radius 3 is 2.45 bits per heavy atom. The first-order valence-electron chi connectivity index (χ1n) is 6.90. The summed E-state index contributed by atoms with van der Waals surface area (Å²) in [7, 11) is 0. The largest absolute Gasteiger partial charge is 0.314 e. The van der Waals surface area contributed by atoms with Gasteiger partial charge in [0.1, 0.15) is 0 Å². The van der Waals surface area contributed by atoms with E-state index in [1.165, 1.54) is 4.57 Å². The molecule has 0 aliphatic heterocycles. The summed E-state index contributed by atoms with van der Waals surface area (Å²) in [6.45, 7) is 1.71. The van der Waals surface area contributed by atoms with E-state index >= 15 is 0 Å². The molecule has 1 heterocycles. The fourth-order valence-corrected chi connectivity index (χ4v) is 3.24. The van der Waals surface area contributed by atoms with Crippen molar-refractivity contribution < 1.29 is 9.59 Å². The molecule has 0 bridgehead atoms. The maximum atomic E-state index is 12.4. The fourth-order valence-electron chi connectivity index (χ4n) is 2.31. The van der Waals surface area contributed by atoms with E-state index in [0.717, 1.165) is 11.3 Å². The summed E-state index contributed by atoms with van der Waals surface area (Å²) in [6, 6.07) is 14.0. The van der Waals surface area contributed by atoms with Crippen LogP contribution in [0, 0.1) is 0 Å². The van der Waals surface area contributed by atoms with Crippen LogP contribution in [0.25, 0.3) is 10.2 Å². The minimum absolute atomic E-state index is 0.100. The van der Waals surface area contributed by atoms with Crippen molar-refractivity contribution in [3.63, 3.8) is 0 Å². The molecule has 1 aromatic heterocycles. The third-order valence-corrected chi connectivity index (χ3v) is 4.33. The molecule has 0 amide bonds. The normalized spacial score (nSPS) is 10.8. The number of fused-ring (bicyclic) bond motifs is 1. The Hall–Kier alpha value is -2.53. The highest BCUT2D eigenvalue weighted by atomic mass is 32.1. The zero-order valence-corrected chi connectivity index (χ0v) is 12.7. The Kier molecular flexibility index (Phi) is 3.73. The van der Waals surface area contributed by atoms with Crippen LogP contribution in [0.1, 0.15) is 34.1 Å². The Bertz CT molecular complexity index is 922. The van der Waals surface area contributed by atoms with Crippen molar-refractivity contribution in [2.45, 2.75) is 13.3 Å². The maximum Gasteiger partial charge on any atom is 0.314 e. The van der Waals surface area contributed by atoms with E-state index in [0.29, 0.717) is 21.3 Å². The monoisotopic (exact) mass is 311 g/mol. The number of aromatic nitrogens is 1. The second kappa shape index (κ2) is 5.69. The number of benzene rings is 2. The van der Waals surface area contributed by atoms with Crippen molar-refractivity contribution in [1.29, 1.82) is 0 Å². The molecule has 110 valence electrons. The van der Waals surface area contributed by atoms with Gasteiger partial charge in [0.05, 0.1) is 10.2 Å². The summed E-state index contributed by atoms with van der Waals surface area (Å²) in [5, 5.41) is 0. The molecule has 0 radical (unpaired) electrons. The lowest BCUT2D eigenvalue weighted by Gasteiger charge is -2.03. The number of ketones is 1. The van der Waals surface area contributed by atoms with Crippen LogP contribution in [0.2, 0.25) is 0 Å². The van der Waals surface area contributed by atoms with Gasteiger partial charge < -0.3 is 0 Å². The number of rotatable bonds is 3. The van der Waals surface area contributed by atoms with Gasteiger partial charge in [0, 0.05) is 17.5 Å². The van der Waals surface area contributed by atoms with Gasteiger partial charge in [-0.05, 0) is 18.2 Å². The van der Waals surface area contributed by atoms with Gasteiger partial charge >= 0.3 is 4.87 Å². The molecule has 0 aliphatic carbocycles. The molecule has 0 fully saturated rings. The van der Waals surface area contributed by atoms with E-state index in [2.05, 4.69) is 0 Å². The van der Waals surface area contributed by atoms with Crippen LogP contribution < -0.4 is 4.87 Å². The number of carbonyl (C=O) groups is 2. The number of hydrogen-bond donors (Lipinski definition) is 0. The third-order valence-electron chi connectivity index (χ3n) is 3.43. The molecule has 3 aromatic rings. The van der Waals surface area contributed by atoms with Crippen molar-refractivity contribution in [1.82, 2.24) is 4.57 Å². The van der Waals surface area contributed by atoms with Crippen LogP contribution >= 0.6 is 11.3 Å². The highest BCUT2D eigenvalue weighted by Crippen LogP contribution is 2.21. The molecule has 0 saturated carbocycles. The Balaban J connectivity index is 2.10. The highest BCUT2D eigenvalue weighted by Gasteiger charge is 2.15. The van der Waals surface area contributed by atoms with Crippen LogP contribution in [0.3, 0.4) is 0 Å². The van der Waals surface area contributed by atoms with Crippen molar-refractivity contribution in [3.8, 4) is 0 Å². The van der Waals surface area contributed by atoms with Gasteiger partial charge in [-0.1, -0.05) is 48.6 Å². The average molecular weight is 311 g/mol. The van der Waals surface area contributed by atoms with Crippen molar-refractivity contribution in [3.05, 3.63) is 69.3 Å². The van der Waals surface area contributed by atoms with E-state index in [1.54, 1.807) is 49.4 Å². The van der Waals surface area contributed by atoms with E-state index < -0.39 is 0 Å². The topological polar surface area (TPSA) is 56.1 Å². The molecular weight excluding hydrogens is 298 g/mol. The minimum atomic E-state index is -0.314. The predicted molar refractivity (Wildman–Crippen MR) is 86.9 cm³/mol. The van der Waals surface area contributed by atoms with Gasteiger partial charge in [-0.25, -0.2) is 4.57 Å². The molecule has 0 aliphatic rings. The molecule has 5 heteroatoms. The number of nitrogens with zero attached hydrogens (tertiary/aromatic N) is 1. The first-order chi connectivity index (χ1) is 10.6. The molecule has 0 N–H and O–H groups in total. The molecule has 3 rings (SSSR count). The van der Waals surface area contributed by atoms with Crippen molar-refractivity contribution in [2.75, 3.05) is 0 Å². The summed E-state index contributed by atoms with van der Waals surface area (Å²) in [4.78, 5) is 35.9. The summed E-state index contributed by atoms with van der Waals surface area (Å²) in [5.74, 6) is -0.338. The minimum Gasteiger partial charge on any atom is -0.289 e. The van der Waals surface area contributed by atoms with Gasteiger partial charge in [0.25, 0.3) is 0 Å². The summed E-state index contributed by atoms with van der Waals surface area (Å²) in [6.07, 6.45) is 0.260. The lowest BCUT2D eigenvalue weighted by atomic mass is 10.0. The van der Waals surface area contributed by atoms with Crippen molar-refractivity contribution in [2.24, 2.45) is 0 Å². The number of thiazole rings is 1. The molecule has 0 spiro atoms. The zero-order chi connectivity index (χ0) is 15.7. The van der Waals surface area contributed by atoms with Gasteiger partial charge in [-0.2, -0.15) is 0 Å². The Labute approximate surface area is 130 Å². The quantitative estimate of drug-likeness (QED) is 0.697. The SMILES string of the molecule is CCC(=O)n1c(=O)sc2cc(C(=O)c3ccccc3)ccc21. The lowest BCUT2D eigenvalue weighted by molar-refractivity contribution is 0.0911. The molecule has 0 unspecified atom stereocenters. The molecule has 4 nitrogen and oxygen atoms in total. The van der Waals surface area contributed by atoms with E-state index in [1.807, 2.05) is 6.07 Å². The standard InChI is InChI=1S/C17H13NO3S/c1-2-15(19)18-13-9-8-12(10-14(13)22-17(18)21)16(20)11-6-4-3-5-7-11/h3-10H,2H2,1H3. The van der Waals surface area contributed by atoms with Crippen LogP contribution in [0.4, 0.5) is 0 Å². The third kappa shape index (κ3) is 2.40. The van der Waals surface area contributed by atoms with Gasteiger partial charge in [-0.3, -0.25) is 14.4 Å². The Morgan fingerprint density at radius 1 is 1.05 bits per heavy atom. The maximum absolute atomic E-state index is 12.4. The molecule has 0 atom stereocenters. The summed E-state index contributed by atoms with van der Waals surface area (Å²) >= 11 is 0.984. The van der Waals surface area contributed by atoms with E-state index in [4.69, 9.17) is 0 Å². The predicted octanol–water partition coefficient (Wildman–Crippen LogP) is 3.34. The van der Waals surface area contributed by atoms with Crippen LogP contribution in [0.15, 0.2) is 53.3 Å². The lowest BCUT2D eigenvalue weighted by Crippen LogP contribution is -2.20. The van der Waals surface area contributed by atoms with Gasteiger partial charge in [0.2, 0.25) is 5.91 Å². The van der Waals surface area contributed by atoms with Crippen LogP contribution in [0.5, 0.6) is 0 Å². The van der Waals surface area contributed by atoms with Gasteiger partial charge in [0.15, 0.2) is 5.78 Å².